The number of aryl methyl sites for hydroxylation is 1. The van der Waals surface area contributed by atoms with Gasteiger partial charge >= 0.3 is 0 Å². The first kappa shape index (κ1) is 15.3. The first-order valence-corrected chi connectivity index (χ1v) is 7.67. The van der Waals surface area contributed by atoms with Gasteiger partial charge in [-0.15, -0.1) is 0 Å². The van der Waals surface area contributed by atoms with Crippen LogP contribution in [0.2, 0.25) is 5.02 Å². The monoisotopic (exact) mass is 326 g/mol. The van der Waals surface area contributed by atoms with Crippen molar-refractivity contribution in [3.63, 3.8) is 0 Å². The standard InChI is InChI=1S/C18H15ClN2O2/c1-2-11-9-17(22)21-16-10-14(6-7-15(11)16)20-18(23)12-4-3-5-13(19)8-12/h3-10H,2H2,1H3,(H,20,23)(H,21,22). The van der Waals surface area contributed by atoms with Crippen molar-refractivity contribution in [1.29, 1.82) is 0 Å². The van der Waals surface area contributed by atoms with E-state index in [4.69, 9.17) is 11.6 Å². The SMILES string of the molecule is CCc1cc(=O)[nH]c2cc(NC(=O)c3cccc(Cl)c3)ccc12. The minimum Gasteiger partial charge on any atom is -0.322 e. The maximum Gasteiger partial charge on any atom is 0.255 e. The minimum atomic E-state index is -0.249. The Kier molecular flexibility index (Phi) is 4.17. The molecular weight excluding hydrogens is 312 g/mol. The van der Waals surface area contributed by atoms with Gasteiger partial charge in [-0.25, -0.2) is 0 Å². The van der Waals surface area contributed by atoms with Gasteiger partial charge in [0, 0.05) is 27.7 Å². The summed E-state index contributed by atoms with van der Waals surface area (Å²) in [5, 5.41) is 4.30. The van der Waals surface area contributed by atoms with Crippen LogP contribution in [-0.2, 0) is 6.42 Å². The van der Waals surface area contributed by atoms with Gasteiger partial charge < -0.3 is 10.3 Å². The molecule has 1 aromatic heterocycles. The Bertz CT molecular complexity index is 947. The van der Waals surface area contributed by atoms with E-state index < -0.39 is 0 Å². The number of aromatic nitrogens is 1. The molecule has 0 aliphatic rings. The zero-order valence-corrected chi connectivity index (χ0v) is 13.3. The largest absolute Gasteiger partial charge is 0.322 e. The van der Waals surface area contributed by atoms with Crippen LogP contribution in [0.4, 0.5) is 5.69 Å². The molecule has 0 saturated heterocycles. The van der Waals surface area contributed by atoms with Gasteiger partial charge in [0.2, 0.25) is 5.56 Å². The second-order valence-electron chi connectivity index (χ2n) is 5.24. The van der Waals surface area contributed by atoms with Crippen LogP contribution in [0.25, 0.3) is 10.9 Å². The van der Waals surface area contributed by atoms with Crippen LogP contribution < -0.4 is 10.9 Å². The van der Waals surface area contributed by atoms with Crippen molar-refractivity contribution in [2.75, 3.05) is 5.32 Å². The topological polar surface area (TPSA) is 62.0 Å². The fraction of sp³-hybridized carbons (Fsp3) is 0.111. The van der Waals surface area contributed by atoms with Crippen molar-refractivity contribution in [2.24, 2.45) is 0 Å². The summed E-state index contributed by atoms with van der Waals surface area (Å²) in [6, 6.07) is 13.8. The zero-order valence-electron chi connectivity index (χ0n) is 12.5. The molecule has 3 aromatic rings. The quantitative estimate of drug-likeness (QED) is 0.764. The molecule has 0 bridgehead atoms. The van der Waals surface area contributed by atoms with Crippen molar-refractivity contribution >= 4 is 34.1 Å². The lowest BCUT2D eigenvalue weighted by Crippen LogP contribution is -2.12. The highest BCUT2D eigenvalue weighted by Crippen LogP contribution is 2.21. The second kappa shape index (κ2) is 6.26. The number of benzene rings is 2. The Balaban J connectivity index is 1.95. The number of carbonyl (C=O) groups excluding carboxylic acids is 1. The lowest BCUT2D eigenvalue weighted by Gasteiger charge is -2.09. The molecule has 1 heterocycles. The molecule has 2 aromatic carbocycles. The maximum atomic E-state index is 12.3. The maximum absolute atomic E-state index is 12.3. The second-order valence-corrected chi connectivity index (χ2v) is 5.67. The van der Waals surface area contributed by atoms with E-state index in [0.29, 0.717) is 21.8 Å². The van der Waals surface area contributed by atoms with Crippen LogP contribution in [0.15, 0.2) is 53.3 Å². The highest BCUT2D eigenvalue weighted by Gasteiger charge is 2.08. The summed E-state index contributed by atoms with van der Waals surface area (Å²) in [6.45, 7) is 2.00. The van der Waals surface area contributed by atoms with E-state index in [1.165, 1.54) is 0 Å². The fourth-order valence-corrected chi connectivity index (χ4v) is 2.73. The number of nitrogens with one attached hydrogen (secondary N) is 2. The van der Waals surface area contributed by atoms with Gasteiger partial charge in [0.05, 0.1) is 5.52 Å². The molecule has 4 nitrogen and oxygen atoms in total. The lowest BCUT2D eigenvalue weighted by atomic mass is 10.1. The molecule has 0 fully saturated rings. The van der Waals surface area contributed by atoms with Crippen LogP contribution in [0.3, 0.4) is 0 Å². The highest BCUT2D eigenvalue weighted by molar-refractivity contribution is 6.31. The Morgan fingerprint density at radius 3 is 2.74 bits per heavy atom. The average molecular weight is 327 g/mol. The van der Waals surface area contributed by atoms with E-state index in [1.807, 2.05) is 19.1 Å². The van der Waals surface area contributed by atoms with Gasteiger partial charge in [-0.1, -0.05) is 30.7 Å². The van der Waals surface area contributed by atoms with E-state index in [0.717, 1.165) is 17.4 Å². The number of fused-ring (bicyclic) bond motifs is 1. The molecule has 1 amide bonds. The summed E-state index contributed by atoms with van der Waals surface area (Å²) in [5.41, 5.74) is 2.64. The van der Waals surface area contributed by atoms with Crippen molar-refractivity contribution in [3.05, 3.63) is 75.0 Å². The number of hydrogen-bond donors (Lipinski definition) is 2. The molecule has 0 radical (unpaired) electrons. The van der Waals surface area contributed by atoms with Crippen molar-refractivity contribution in [1.82, 2.24) is 4.98 Å². The number of halogens is 1. The Morgan fingerprint density at radius 1 is 1.17 bits per heavy atom. The molecular formula is C18H15ClN2O2. The number of hydrogen-bond acceptors (Lipinski definition) is 2. The smallest absolute Gasteiger partial charge is 0.255 e. The summed E-state index contributed by atoms with van der Waals surface area (Å²) in [4.78, 5) is 26.7. The summed E-state index contributed by atoms with van der Waals surface area (Å²) in [7, 11) is 0. The summed E-state index contributed by atoms with van der Waals surface area (Å²) in [5.74, 6) is -0.249. The van der Waals surface area contributed by atoms with Gasteiger partial charge in [-0.05, 0) is 42.3 Å². The number of pyridine rings is 1. The number of amides is 1. The molecule has 0 spiro atoms. The molecule has 0 aliphatic heterocycles. The highest BCUT2D eigenvalue weighted by atomic mass is 35.5. The fourth-order valence-electron chi connectivity index (χ4n) is 2.54. The van der Waals surface area contributed by atoms with E-state index >= 15 is 0 Å². The molecule has 116 valence electrons. The molecule has 23 heavy (non-hydrogen) atoms. The average Bonchev–Trinajstić information content (AvgIpc) is 2.53. The molecule has 3 rings (SSSR count). The molecule has 0 unspecified atom stereocenters. The van der Waals surface area contributed by atoms with Crippen LogP contribution in [-0.4, -0.2) is 10.9 Å². The minimum absolute atomic E-state index is 0.146. The van der Waals surface area contributed by atoms with Crippen LogP contribution in [0.5, 0.6) is 0 Å². The third-order valence-electron chi connectivity index (χ3n) is 3.65. The predicted octanol–water partition coefficient (Wildman–Crippen LogP) is 4.00. The Hall–Kier alpha value is -2.59. The van der Waals surface area contributed by atoms with Crippen molar-refractivity contribution < 1.29 is 4.79 Å². The Morgan fingerprint density at radius 2 is 2.00 bits per heavy atom. The first-order valence-electron chi connectivity index (χ1n) is 7.29. The summed E-state index contributed by atoms with van der Waals surface area (Å²) < 4.78 is 0. The number of carbonyl (C=O) groups is 1. The van der Waals surface area contributed by atoms with Crippen LogP contribution in [0.1, 0.15) is 22.8 Å². The first-order chi connectivity index (χ1) is 11.1. The Labute approximate surface area is 138 Å². The number of anilines is 1. The molecule has 0 atom stereocenters. The van der Waals surface area contributed by atoms with Crippen molar-refractivity contribution in [3.8, 4) is 0 Å². The number of rotatable bonds is 3. The van der Waals surface area contributed by atoms with Crippen molar-refractivity contribution in [2.45, 2.75) is 13.3 Å². The van der Waals surface area contributed by atoms with E-state index in [-0.39, 0.29) is 11.5 Å². The zero-order chi connectivity index (χ0) is 16.4. The number of H-pyrrole nitrogens is 1. The van der Waals surface area contributed by atoms with Gasteiger partial charge in [0.1, 0.15) is 0 Å². The predicted molar refractivity (Wildman–Crippen MR) is 93.4 cm³/mol. The molecule has 5 heteroatoms. The lowest BCUT2D eigenvalue weighted by molar-refractivity contribution is 0.102. The summed E-state index contributed by atoms with van der Waals surface area (Å²) >= 11 is 5.90. The van der Waals surface area contributed by atoms with Gasteiger partial charge in [0.25, 0.3) is 5.91 Å². The summed E-state index contributed by atoms with van der Waals surface area (Å²) in [6.07, 6.45) is 0.772. The molecule has 0 saturated carbocycles. The normalized spacial score (nSPS) is 10.7. The van der Waals surface area contributed by atoms with Crippen LogP contribution >= 0.6 is 11.6 Å². The van der Waals surface area contributed by atoms with Gasteiger partial charge in [-0.2, -0.15) is 0 Å². The third kappa shape index (κ3) is 3.27. The third-order valence-corrected chi connectivity index (χ3v) is 3.89. The molecule has 0 aliphatic carbocycles. The van der Waals surface area contributed by atoms with Gasteiger partial charge in [-0.3, -0.25) is 9.59 Å². The van der Waals surface area contributed by atoms with Crippen LogP contribution in [0, 0.1) is 0 Å². The van der Waals surface area contributed by atoms with Gasteiger partial charge in [0.15, 0.2) is 0 Å². The van der Waals surface area contributed by atoms with E-state index in [2.05, 4.69) is 10.3 Å². The number of aromatic amines is 1. The molecule has 2 N–H and O–H groups in total. The van der Waals surface area contributed by atoms with E-state index in [9.17, 15) is 9.59 Å². The van der Waals surface area contributed by atoms with E-state index in [1.54, 1.807) is 36.4 Å².